The van der Waals surface area contributed by atoms with Crippen molar-refractivity contribution in [2.75, 3.05) is 13.6 Å². The summed E-state index contributed by atoms with van der Waals surface area (Å²) < 4.78 is 18.4. The highest BCUT2D eigenvalue weighted by Gasteiger charge is 2.30. The minimum absolute atomic E-state index is 0.0703. The van der Waals surface area contributed by atoms with E-state index in [0.29, 0.717) is 5.56 Å². The molecule has 0 radical (unpaired) electrons. The zero-order chi connectivity index (χ0) is 19.2. The molecule has 1 aromatic carbocycles. The molecule has 1 aromatic rings. The van der Waals surface area contributed by atoms with E-state index < -0.39 is 29.7 Å². The Labute approximate surface area is 148 Å². The van der Waals surface area contributed by atoms with Crippen LogP contribution in [0, 0.1) is 5.82 Å². The number of aliphatic hydroxyl groups is 1. The van der Waals surface area contributed by atoms with Gasteiger partial charge in [0, 0.05) is 20.0 Å². The number of rotatable bonds is 6. The molecule has 0 aliphatic heterocycles. The third kappa shape index (κ3) is 7.51. The molecule has 140 valence electrons. The van der Waals surface area contributed by atoms with Gasteiger partial charge in [-0.05, 0) is 45.4 Å². The molecule has 25 heavy (non-hydrogen) atoms. The summed E-state index contributed by atoms with van der Waals surface area (Å²) in [5, 5.41) is 11.9. The summed E-state index contributed by atoms with van der Waals surface area (Å²) in [6, 6.07) is 4.88. The summed E-state index contributed by atoms with van der Waals surface area (Å²) in [5.41, 5.74) is 0.0102. The van der Waals surface area contributed by atoms with Gasteiger partial charge in [0.2, 0.25) is 5.91 Å². The summed E-state index contributed by atoms with van der Waals surface area (Å²) in [6.07, 6.45) is -1.14. The molecular formula is C18H27FN2O4. The van der Waals surface area contributed by atoms with E-state index in [4.69, 9.17) is 4.74 Å². The average molecular weight is 354 g/mol. The lowest BCUT2D eigenvalue weighted by Crippen LogP contribution is -2.51. The lowest BCUT2D eigenvalue weighted by Gasteiger charge is -2.30. The summed E-state index contributed by atoms with van der Waals surface area (Å²) in [6.45, 7) is 6.83. The van der Waals surface area contributed by atoms with Crippen molar-refractivity contribution in [2.45, 2.75) is 51.9 Å². The number of nitrogens with one attached hydrogen (secondary N) is 1. The van der Waals surface area contributed by atoms with E-state index in [1.165, 1.54) is 24.1 Å². The molecule has 0 heterocycles. The second kappa shape index (κ2) is 8.80. The molecule has 0 unspecified atom stereocenters. The van der Waals surface area contributed by atoms with Crippen LogP contribution in [0.3, 0.4) is 0 Å². The molecule has 0 saturated carbocycles. The lowest BCUT2D eigenvalue weighted by molar-refractivity contribution is -0.126. The first-order chi connectivity index (χ1) is 11.5. The van der Waals surface area contributed by atoms with Gasteiger partial charge in [-0.2, -0.15) is 0 Å². The molecule has 6 nitrogen and oxygen atoms in total. The number of benzene rings is 1. The molecule has 1 rings (SSSR count). The van der Waals surface area contributed by atoms with E-state index in [9.17, 15) is 19.1 Å². The molecule has 0 fully saturated rings. The first-order valence-corrected chi connectivity index (χ1v) is 8.15. The second-order valence-electron chi connectivity index (χ2n) is 7.03. The fourth-order valence-electron chi connectivity index (χ4n) is 2.08. The molecule has 2 amide bonds. The molecule has 2 N–H and O–H groups in total. The maximum Gasteiger partial charge on any atom is 0.410 e. The summed E-state index contributed by atoms with van der Waals surface area (Å²) in [4.78, 5) is 26.0. The van der Waals surface area contributed by atoms with Crippen molar-refractivity contribution >= 4 is 12.0 Å². The Morgan fingerprint density at radius 1 is 1.28 bits per heavy atom. The molecule has 0 aromatic heterocycles. The normalized spacial score (nSPS) is 13.7. The molecule has 2 atom stereocenters. The van der Waals surface area contributed by atoms with Crippen LogP contribution in [-0.4, -0.2) is 53.3 Å². The van der Waals surface area contributed by atoms with E-state index >= 15 is 0 Å². The fourth-order valence-corrected chi connectivity index (χ4v) is 2.08. The van der Waals surface area contributed by atoms with Crippen LogP contribution in [0.5, 0.6) is 0 Å². The number of halogens is 1. The van der Waals surface area contributed by atoms with Crippen LogP contribution in [0.15, 0.2) is 24.3 Å². The van der Waals surface area contributed by atoms with Crippen LogP contribution in [0.2, 0.25) is 0 Å². The molecule has 0 aliphatic rings. The van der Waals surface area contributed by atoms with E-state index in [1.807, 2.05) is 0 Å². The Morgan fingerprint density at radius 2 is 1.84 bits per heavy atom. The number of hydrogen-bond donors (Lipinski definition) is 2. The number of nitrogens with zero attached hydrogens (tertiary/aromatic N) is 1. The highest BCUT2D eigenvalue weighted by Crippen LogP contribution is 2.14. The van der Waals surface area contributed by atoms with Gasteiger partial charge in [0.15, 0.2) is 0 Å². The molecular weight excluding hydrogens is 327 g/mol. The first-order valence-electron chi connectivity index (χ1n) is 8.15. The Morgan fingerprint density at radius 3 is 2.32 bits per heavy atom. The Balaban J connectivity index is 2.94. The summed E-state index contributed by atoms with van der Waals surface area (Å²) >= 11 is 0. The quantitative estimate of drug-likeness (QED) is 0.820. The standard InChI is InChI=1S/C18H27FN2O4/c1-12(22)11-20-16(23)15(10-13-6-8-14(19)9-7-13)21(5)17(24)25-18(2,3)4/h6-9,12,15,22H,10-11H2,1-5H3,(H,20,23)/t12-,15-/m1/s1. The van der Waals surface area contributed by atoms with Crippen LogP contribution in [0.1, 0.15) is 33.3 Å². The van der Waals surface area contributed by atoms with Crippen molar-refractivity contribution in [3.63, 3.8) is 0 Å². The van der Waals surface area contributed by atoms with Gasteiger partial charge in [0.1, 0.15) is 17.5 Å². The molecule has 7 heteroatoms. The van der Waals surface area contributed by atoms with Crippen molar-refractivity contribution in [1.29, 1.82) is 0 Å². The van der Waals surface area contributed by atoms with E-state index in [1.54, 1.807) is 39.8 Å². The third-order valence-electron chi connectivity index (χ3n) is 3.37. The van der Waals surface area contributed by atoms with Crippen molar-refractivity contribution in [3.8, 4) is 0 Å². The molecule has 0 aliphatic carbocycles. The van der Waals surface area contributed by atoms with Crippen LogP contribution in [0.4, 0.5) is 9.18 Å². The highest BCUT2D eigenvalue weighted by atomic mass is 19.1. The minimum Gasteiger partial charge on any atom is -0.444 e. The highest BCUT2D eigenvalue weighted by molar-refractivity contribution is 5.86. The van der Waals surface area contributed by atoms with Crippen molar-refractivity contribution in [2.24, 2.45) is 0 Å². The predicted octanol–water partition coefficient (Wildman–Crippen LogP) is 2.10. The number of hydrogen-bond acceptors (Lipinski definition) is 4. The maximum absolute atomic E-state index is 13.1. The van der Waals surface area contributed by atoms with Crippen molar-refractivity contribution in [1.82, 2.24) is 10.2 Å². The third-order valence-corrected chi connectivity index (χ3v) is 3.37. The van der Waals surface area contributed by atoms with Gasteiger partial charge in [0.25, 0.3) is 0 Å². The molecule has 0 bridgehead atoms. The SMILES string of the molecule is C[C@@H](O)CNC(=O)[C@@H](Cc1ccc(F)cc1)N(C)C(=O)OC(C)(C)C. The van der Waals surface area contributed by atoms with Crippen molar-refractivity contribution < 1.29 is 23.8 Å². The number of carbonyl (C=O) groups excluding carboxylic acids is 2. The first kappa shape index (κ1) is 20.9. The van der Waals surface area contributed by atoms with Crippen LogP contribution >= 0.6 is 0 Å². The molecule has 0 spiro atoms. The second-order valence-corrected chi connectivity index (χ2v) is 7.03. The van der Waals surface area contributed by atoms with Gasteiger partial charge in [-0.3, -0.25) is 9.69 Å². The number of amides is 2. The minimum atomic E-state index is -0.848. The van der Waals surface area contributed by atoms with Crippen LogP contribution in [-0.2, 0) is 16.0 Å². The van der Waals surface area contributed by atoms with E-state index in [2.05, 4.69) is 5.32 Å². The number of ether oxygens (including phenoxy) is 1. The van der Waals surface area contributed by atoms with Gasteiger partial charge in [-0.25, -0.2) is 9.18 Å². The summed E-state index contributed by atoms with van der Waals surface area (Å²) in [7, 11) is 1.48. The lowest BCUT2D eigenvalue weighted by atomic mass is 10.0. The fraction of sp³-hybridized carbons (Fsp3) is 0.556. The zero-order valence-electron chi connectivity index (χ0n) is 15.4. The largest absolute Gasteiger partial charge is 0.444 e. The van der Waals surface area contributed by atoms with Gasteiger partial charge in [-0.15, -0.1) is 0 Å². The predicted molar refractivity (Wildman–Crippen MR) is 92.6 cm³/mol. The van der Waals surface area contributed by atoms with Gasteiger partial charge < -0.3 is 15.2 Å². The monoisotopic (exact) mass is 354 g/mol. The van der Waals surface area contributed by atoms with Gasteiger partial charge in [0.05, 0.1) is 6.10 Å². The average Bonchev–Trinajstić information content (AvgIpc) is 2.49. The Bertz CT molecular complexity index is 582. The van der Waals surface area contributed by atoms with Gasteiger partial charge in [-0.1, -0.05) is 12.1 Å². The van der Waals surface area contributed by atoms with E-state index in [-0.39, 0.29) is 18.8 Å². The number of carbonyl (C=O) groups is 2. The summed E-state index contributed by atoms with van der Waals surface area (Å²) in [5.74, 6) is -0.794. The zero-order valence-corrected chi connectivity index (χ0v) is 15.4. The van der Waals surface area contributed by atoms with Crippen molar-refractivity contribution in [3.05, 3.63) is 35.6 Å². The molecule has 0 saturated heterocycles. The number of likely N-dealkylation sites (N-methyl/N-ethyl adjacent to an activating group) is 1. The Kier molecular flexibility index (Phi) is 7.36. The number of aliphatic hydroxyl groups excluding tert-OH is 1. The maximum atomic E-state index is 13.1. The topological polar surface area (TPSA) is 78.9 Å². The van der Waals surface area contributed by atoms with Gasteiger partial charge >= 0.3 is 6.09 Å². The van der Waals surface area contributed by atoms with Crippen LogP contribution in [0.25, 0.3) is 0 Å². The van der Waals surface area contributed by atoms with Crippen LogP contribution < -0.4 is 5.32 Å². The Hall–Kier alpha value is -2.15. The van der Waals surface area contributed by atoms with E-state index in [0.717, 1.165) is 0 Å². The smallest absolute Gasteiger partial charge is 0.410 e.